The lowest BCUT2D eigenvalue weighted by Gasteiger charge is -2.20. The second-order valence-corrected chi connectivity index (χ2v) is 14.4. The van der Waals surface area contributed by atoms with Crippen LogP contribution in [-0.2, 0) is 0 Å². The SMILES string of the molecule is c1ccc(-n2c(-c3ccc(-c4cc(-c5ccc6ccccc6c5)c5cc6ccccc6cc5c4-c4ccc5ccccc5c4)cc3)nc3ccccc32)cc1. The standard InChI is InChI=1S/C53H34N2/c1-2-18-45(19-3-1)55-51-21-11-10-20-50(51)54-53(55)38-26-24-37(25-27-38)47-34-46(43-28-22-35-12-4-6-14-39(35)30-43)48-32-41-16-8-9-17-42(41)33-49(48)52(47)44-29-23-36-13-5-7-15-40(36)31-44/h1-34H. The number of aromatic nitrogens is 2. The molecule has 55 heavy (non-hydrogen) atoms. The quantitative estimate of drug-likeness (QED) is 0.164. The van der Waals surface area contributed by atoms with Gasteiger partial charge in [0.25, 0.3) is 0 Å². The van der Waals surface area contributed by atoms with Crippen LogP contribution in [0.5, 0.6) is 0 Å². The van der Waals surface area contributed by atoms with Crippen LogP contribution in [0.3, 0.4) is 0 Å². The molecule has 11 rings (SSSR count). The van der Waals surface area contributed by atoms with Crippen molar-refractivity contribution in [3.05, 3.63) is 206 Å². The van der Waals surface area contributed by atoms with Gasteiger partial charge in [-0.3, -0.25) is 4.57 Å². The van der Waals surface area contributed by atoms with E-state index in [1.807, 2.05) is 0 Å². The summed E-state index contributed by atoms with van der Waals surface area (Å²) < 4.78 is 2.27. The number of para-hydroxylation sites is 3. The van der Waals surface area contributed by atoms with Gasteiger partial charge in [-0.15, -0.1) is 0 Å². The Morgan fingerprint density at radius 2 is 0.836 bits per heavy atom. The van der Waals surface area contributed by atoms with E-state index in [4.69, 9.17) is 4.98 Å². The number of fused-ring (bicyclic) bond motifs is 5. The first kappa shape index (κ1) is 31.3. The molecule has 1 aromatic heterocycles. The van der Waals surface area contributed by atoms with Gasteiger partial charge >= 0.3 is 0 Å². The molecule has 0 unspecified atom stereocenters. The monoisotopic (exact) mass is 698 g/mol. The average molecular weight is 699 g/mol. The van der Waals surface area contributed by atoms with Crippen LogP contribution < -0.4 is 0 Å². The lowest BCUT2D eigenvalue weighted by molar-refractivity contribution is 1.10. The Hall–Kier alpha value is -7.29. The fraction of sp³-hybridized carbons (Fsp3) is 0. The average Bonchev–Trinajstić information content (AvgIpc) is 3.65. The molecule has 2 nitrogen and oxygen atoms in total. The molecule has 0 fully saturated rings. The van der Waals surface area contributed by atoms with Gasteiger partial charge in [-0.05, 0) is 131 Å². The van der Waals surface area contributed by atoms with E-state index in [0.717, 1.165) is 33.7 Å². The minimum absolute atomic E-state index is 0.926. The summed E-state index contributed by atoms with van der Waals surface area (Å²) in [6, 6.07) is 75.0. The highest BCUT2D eigenvalue weighted by molar-refractivity contribution is 6.16. The zero-order valence-electron chi connectivity index (χ0n) is 30.0. The molecule has 0 N–H and O–H groups in total. The van der Waals surface area contributed by atoms with Gasteiger partial charge in [-0.25, -0.2) is 4.98 Å². The minimum Gasteiger partial charge on any atom is -0.292 e. The Labute approximate surface area is 319 Å². The van der Waals surface area contributed by atoms with Crippen LogP contribution in [0, 0.1) is 0 Å². The molecule has 0 amide bonds. The first-order valence-electron chi connectivity index (χ1n) is 18.9. The highest BCUT2D eigenvalue weighted by Gasteiger charge is 2.20. The molecule has 0 atom stereocenters. The summed E-state index contributed by atoms with van der Waals surface area (Å²) >= 11 is 0. The van der Waals surface area contributed by atoms with Crippen molar-refractivity contribution >= 4 is 54.1 Å². The third kappa shape index (κ3) is 5.30. The van der Waals surface area contributed by atoms with Crippen molar-refractivity contribution in [3.8, 4) is 50.5 Å². The predicted molar refractivity (Wildman–Crippen MR) is 233 cm³/mol. The van der Waals surface area contributed by atoms with Crippen molar-refractivity contribution in [2.45, 2.75) is 0 Å². The van der Waals surface area contributed by atoms with Gasteiger partial charge in [0, 0.05) is 11.3 Å². The molecule has 0 radical (unpaired) electrons. The van der Waals surface area contributed by atoms with Crippen molar-refractivity contribution in [1.29, 1.82) is 0 Å². The van der Waals surface area contributed by atoms with E-state index < -0.39 is 0 Å². The van der Waals surface area contributed by atoms with Gasteiger partial charge in [0.15, 0.2) is 0 Å². The first-order valence-corrected chi connectivity index (χ1v) is 18.9. The zero-order chi connectivity index (χ0) is 36.3. The van der Waals surface area contributed by atoms with Crippen LogP contribution in [-0.4, -0.2) is 9.55 Å². The second kappa shape index (κ2) is 12.7. The molecule has 1 heterocycles. The lowest BCUT2D eigenvalue weighted by atomic mass is 9.83. The molecule has 0 aliphatic carbocycles. The molecule has 2 heteroatoms. The maximum atomic E-state index is 5.17. The van der Waals surface area contributed by atoms with E-state index in [-0.39, 0.29) is 0 Å². The van der Waals surface area contributed by atoms with E-state index >= 15 is 0 Å². The van der Waals surface area contributed by atoms with Gasteiger partial charge < -0.3 is 0 Å². The lowest BCUT2D eigenvalue weighted by Crippen LogP contribution is -1.97. The van der Waals surface area contributed by atoms with Crippen LogP contribution in [0.1, 0.15) is 0 Å². The van der Waals surface area contributed by atoms with Crippen LogP contribution >= 0.6 is 0 Å². The molecule has 0 bridgehead atoms. The van der Waals surface area contributed by atoms with Gasteiger partial charge in [0.1, 0.15) is 5.82 Å². The summed E-state index contributed by atoms with van der Waals surface area (Å²) in [7, 11) is 0. The summed E-state index contributed by atoms with van der Waals surface area (Å²) in [6.45, 7) is 0. The fourth-order valence-electron chi connectivity index (χ4n) is 8.45. The number of hydrogen-bond acceptors (Lipinski definition) is 1. The molecule has 0 aliphatic heterocycles. The number of benzene rings is 10. The molecule has 0 aliphatic rings. The third-order valence-electron chi connectivity index (χ3n) is 11.1. The van der Waals surface area contributed by atoms with E-state index in [9.17, 15) is 0 Å². The molecule has 0 saturated carbocycles. The topological polar surface area (TPSA) is 17.8 Å². The van der Waals surface area contributed by atoms with E-state index in [1.54, 1.807) is 0 Å². The molecule has 11 aromatic rings. The zero-order valence-corrected chi connectivity index (χ0v) is 30.0. The van der Waals surface area contributed by atoms with Gasteiger partial charge in [-0.2, -0.15) is 0 Å². The Morgan fingerprint density at radius 3 is 1.53 bits per heavy atom. The largest absolute Gasteiger partial charge is 0.292 e. The van der Waals surface area contributed by atoms with Crippen LogP contribution in [0.4, 0.5) is 0 Å². The summed E-state index contributed by atoms with van der Waals surface area (Å²) in [4.78, 5) is 5.17. The van der Waals surface area contributed by atoms with Crippen molar-refractivity contribution in [2.75, 3.05) is 0 Å². The maximum Gasteiger partial charge on any atom is 0.145 e. The van der Waals surface area contributed by atoms with Crippen molar-refractivity contribution in [3.63, 3.8) is 0 Å². The molecule has 0 spiro atoms. The normalized spacial score (nSPS) is 11.6. The summed E-state index contributed by atoms with van der Waals surface area (Å²) in [5.74, 6) is 0.926. The molecule has 10 aromatic carbocycles. The number of hydrogen-bond donors (Lipinski definition) is 0. The molecule has 256 valence electrons. The maximum absolute atomic E-state index is 5.17. The number of rotatable bonds is 5. The summed E-state index contributed by atoms with van der Waals surface area (Å²) in [5, 5.41) is 9.90. The van der Waals surface area contributed by atoms with Crippen LogP contribution in [0.25, 0.3) is 105 Å². The van der Waals surface area contributed by atoms with E-state index in [0.29, 0.717) is 0 Å². The highest BCUT2D eigenvalue weighted by atomic mass is 15.1. The molecule has 0 saturated heterocycles. The molecular formula is C53H34N2. The van der Waals surface area contributed by atoms with Gasteiger partial charge in [-0.1, -0.05) is 152 Å². The van der Waals surface area contributed by atoms with Crippen molar-refractivity contribution < 1.29 is 0 Å². The van der Waals surface area contributed by atoms with E-state index in [1.165, 1.54) is 70.9 Å². The van der Waals surface area contributed by atoms with Crippen molar-refractivity contribution in [2.24, 2.45) is 0 Å². The number of nitrogens with zero attached hydrogens (tertiary/aromatic N) is 2. The highest BCUT2D eigenvalue weighted by Crippen LogP contribution is 2.46. The second-order valence-electron chi connectivity index (χ2n) is 14.4. The third-order valence-corrected chi connectivity index (χ3v) is 11.1. The summed E-state index contributed by atoms with van der Waals surface area (Å²) in [6.07, 6.45) is 0. The van der Waals surface area contributed by atoms with Crippen molar-refractivity contribution in [1.82, 2.24) is 9.55 Å². The van der Waals surface area contributed by atoms with E-state index in [2.05, 4.69) is 211 Å². The fourth-order valence-corrected chi connectivity index (χ4v) is 8.45. The Balaban J connectivity index is 1.18. The van der Waals surface area contributed by atoms with Gasteiger partial charge in [0.2, 0.25) is 0 Å². The molecular weight excluding hydrogens is 665 g/mol. The van der Waals surface area contributed by atoms with Gasteiger partial charge in [0.05, 0.1) is 11.0 Å². The predicted octanol–water partition coefficient (Wildman–Crippen LogP) is 14.3. The smallest absolute Gasteiger partial charge is 0.145 e. The Bertz CT molecular complexity index is 3240. The summed E-state index contributed by atoms with van der Waals surface area (Å²) in [5.41, 5.74) is 11.5. The minimum atomic E-state index is 0.926. The number of imidazole rings is 1. The first-order chi connectivity index (χ1) is 27.2. The Morgan fingerprint density at radius 1 is 0.327 bits per heavy atom. The van der Waals surface area contributed by atoms with Crippen LogP contribution in [0.2, 0.25) is 0 Å². The van der Waals surface area contributed by atoms with Crippen LogP contribution in [0.15, 0.2) is 206 Å². The Kier molecular flexibility index (Phi) is 7.21.